The third kappa shape index (κ3) is 2.61. The summed E-state index contributed by atoms with van der Waals surface area (Å²) < 4.78 is 4.56. The van der Waals surface area contributed by atoms with Gasteiger partial charge in [0.25, 0.3) is 5.56 Å². The molecule has 0 N–H and O–H groups in total. The van der Waals surface area contributed by atoms with Crippen LogP contribution in [0, 0.1) is 6.92 Å². The van der Waals surface area contributed by atoms with E-state index in [0.29, 0.717) is 35.2 Å². The lowest BCUT2D eigenvalue weighted by atomic mass is 10.2. The maximum absolute atomic E-state index is 13.0. The molecule has 3 aromatic rings. The van der Waals surface area contributed by atoms with Crippen LogP contribution in [0.25, 0.3) is 11.2 Å². The van der Waals surface area contributed by atoms with E-state index in [-0.39, 0.29) is 17.8 Å². The molecule has 1 aliphatic rings. The summed E-state index contributed by atoms with van der Waals surface area (Å²) in [5.41, 5.74) is 2.10. The van der Waals surface area contributed by atoms with Crippen LogP contribution in [0.4, 0.5) is 11.6 Å². The molecule has 8 heteroatoms. The lowest BCUT2D eigenvalue weighted by molar-refractivity contribution is 0.661. The number of aryl methyl sites for hydroxylation is 2. The number of halogens is 1. The Kier molecular flexibility index (Phi) is 4.19. The minimum absolute atomic E-state index is 0.246. The van der Waals surface area contributed by atoms with Gasteiger partial charge in [0.2, 0.25) is 5.95 Å². The normalized spacial score (nSPS) is 13.9. The molecule has 7 nitrogen and oxygen atoms in total. The maximum atomic E-state index is 13.0. The fourth-order valence-electron chi connectivity index (χ4n) is 3.44. The van der Waals surface area contributed by atoms with E-state index in [1.54, 1.807) is 13.1 Å². The van der Waals surface area contributed by atoms with E-state index in [1.807, 2.05) is 47.6 Å². The average molecular weight is 386 g/mol. The summed E-state index contributed by atoms with van der Waals surface area (Å²) in [5, 5.41) is 0.683. The Hall–Kier alpha value is -2.80. The molecule has 0 amide bonds. The molecule has 0 atom stereocenters. The monoisotopic (exact) mass is 385 g/mol. The number of hydrogen-bond acceptors (Lipinski definition) is 4. The van der Waals surface area contributed by atoms with Crippen molar-refractivity contribution in [1.29, 1.82) is 0 Å². The standard InChI is InChI=1S/C19H20ClN5O2/c1-4-5-8-25-17(26)15-16(22(3)19(25)27)21-18-23(9-10-24(15)18)13-7-6-12(2)14(20)11-13/h4-7,11H,8-10H2,1-3H3/b5-4+. The topological polar surface area (TPSA) is 65.1 Å². The second-order valence-corrected chi connectivity index (χ2v) is 7.05. The van der Waals surface area contributed by atoms with Gasteiger partial charge in [0, 0.05) is 37.4 Å². The Bertz CT molecular complexity index is 1200. The zero-order valence-electron chi connectivity index (χ0n) is 15.4. The second-order valence-electron chi connectivity index (χ2n) is 6.65. The number of nitrogens with zero attached hydrogens (tertiary/aromatic N) is 5. The van der Waals surface area contributed by atoms with Crippen molar-refractivity contribution in [2.45, 2.75) is 26.9 Å². The van der Waals surface area contributed by atoms with Crippen LogP contribution >= 0.6 is 11.6 Å². The van der Waals surface area contributed by atoms with Crippen LogP contribution in [-0.4, -0.2) is 25.2 Å². The molecule has 1 aliphatic heterocycles. The van der Waals surface area contributed by atoms with Gasteiger partial charge >= 0.3 is 5.69 Å². The Labute approximate surface area is 160 Å². The first kappa shape index (κ1) is 17.6. The molecule has 27 heavy (non-hydrogen) atoms. The molecule has 0 spiro atoms. The lowest BCUT2D eigenvalue weighted by Crippen LogP contribution is -2.39. The summed E-state index contributed by atoms with van der Waals surface area (Å²) >= 11 is 6.28. The molecule has 2 aromatic heterocycles. The minimum atomic E-state index is -0.368. The van der Waals surface area contributed by atoms with Gasteiger partial charge in [0.05, 0.1) is 0 Å². The summed E-state index contributed by atoms with van der Waals surface area (Å²) in [6.07, 6.45) is 3.61. The number of aromatic nitrogens is 4. The van der Waals surface area contributed by atoms with Crippen LogP contribution in [0.3, 0.4) is 0 Å². The lowest BCUT2D eigenvalue weighted by Gasteiger charge is -2.16. The number of fused-ring (bicyclic) bond motifs is 3. The molecule has 3 heterocycles. The van der Waals surface area contributed by atoms with E-state index in [4.69, 9.17) is 11.6 Å². The van der Waals surface area contributed by atoms with Gasteiger partial charge in [0.15, 0.2) is 11.2 Å². The third-order valence-corrected chi connectivity index (χ3v) is 5.40. The van der Waals surface area contributed by atoms with Crippen molar-refractivity contribution < 1.29 is 0 Å². The summed E-state index contributed by atoms with van der Waals surface area (Å²) in [4.78, 5) is 32.2. The van der Waals surface area contributed by atoms with Gasteiger partial charge in [-0.25, -0.2) is 4.79 Å². The van der Waals surface area contributed by atoms with Crippen molar-refractivity contribution in [3.8, 4) is 0 Å². The molecular formula is C19H20ClN5O2. The van der Waals surface area contributed by atoms with Gasteiger partial charge in [-0.1, -0.05) is 29.8 Å². The van der Waals surface area contributed by atoms with E-state index in [0.717, 1.165) is 11.3 Å². The number of benzene rings is 1. The largest absolute Gasteiger partial charge is 0.332 e. The highest BCUT2D eigenvalue weighted by molar-refractivity contribution is 6.31. The molecular weight excluding hydrogens is 366 g/mol. The summed E-state index contributed by atoms with van der Waals surface area (Å²) in [6, 6.07) is 5.84. The van der Waals surface area contributed by atoms with Crippen molar-refractivity contribution in [3.05, 3.63) is 61.8 Å². The zero-order chi connectivity index (χ0) is 19.3. The first-order valence-electron chi connectivity index (χ1n) is 8.79. The average Bonchev–Trinajstić information content (AvgIpc) is 3.21. The first-order valence-corrected chi connectivity index (χ1v) is 9.16. The molecule has 0 bridgehead atoms. The third-order valence-electron chi connectivity index (χ3n) is 4.99. The van der Waals surface area contributed by atoms with Crippen LogP contribution in [0.15, 0.2) is 39.9 Å². The van der Waals surface area contributed by atoms with Gasteiger partial charge in [-0.3, -0.25) is 13.9 Å². The number of anilines is 2. The molecule has 0 saturated heterocycles. The van der Waals surface area contributed by atoms with Gasteiger partial charge < -0.3 is 9.47 Å². The Morgan fingerprint density at radius 2 is 2.04 bits per heavy atom. The Morgan fingerprint density at radius 3 is 2.74 bits per heavy atom. The van der Waals surface area contributed by atoms with Crippen molar-refractivity contribution in [1.82, 2.24) is 18.7 Å². The first-order chi connectivity index (χ1) is 12.9. The zero-order valence-corrected chi connectivity index (χ0v) is 16.2. The molecule has 140 valence electrons. The highest BCUT2D eigenvalue weighted by Crippen LogP contribution is 2.33. The van der Waals surface area contributed by atoms with Crippen LogP contribution in [-0.2, 0) is 20.1 Å². The highest BCUT2D eigenvalue weighted by atomic mass is 35.5. The van der Waals surface area contributed by atoms with Crippen molar-refractivity contribution in [2.24, 2.45) is 7.05 Å². The Balaban J connectivity index is 1.93. The van der Waals surface area contributed by atoms with Gasteiger partial charge in [-0.15, -0.1) is 0 Å². The smallest absolute Gasteiger partial charge is 0.310 e. The molecule has 0 fully saturated rings. The highest BCUT2D eigenvalue weighted by Gasteiger charge is 2.28. The number of allylic oxidation sites excluding steroid dienone is 2. The van der Waals surface area contributed by atoms with E-state index < -0.39 is 0 Å². The molecule has 0 unspecified atom stereocenters. The van der Waals surface area contributed by atoms with Crippen molar-refractivity contribution in [3.63, 3.8) is 0 Å². The molecule has 0 aliphatic carbocycles. The summed E-state index contributed by atoms with van der Waals surface area (Å²) in [7, 11) is 1.64. The number of imidazole rings is 1. The van der Waals surface area contributed by atoms with Crippen molar-refractivity contribution >= 4 is 34.4 Å². The summed E-state index contributed by atoms with van der Waals surface area (Å²) in [5.74, 6) is 0.654. The van der Waals surface area contributed by atoms with Crippen LogP contribution in [0.1, 0.15) is 12.5 Å². The van der Waals surface area contributed by atoms with Gasteiger partial charge in [-0.2, -0.15) is 4.98 Å². The van der Waals surface area contributed by atoms with E-state index in [1.165, 1.54) is 9.13 Å². The van der Waals surface area contributed by atoms with Crippen molar-refractivity contribution in [2.75, 3.05) is 11.4 Å². The molecule has 1 aromatic carbocycles. The molecule has 0 radical (unpaired) electrons. The fraction of sp³-hybridized carbons (Fsp3) is 0.316. The number of hydrogen-bond donors (Lipinski definition) is 0. The van der Waals surface area contributed by atoms with Gasteiger partial charge in [0.1, 0.15) is 0 Å². The quantitative estimate of drug-likeness (QED) is 0.650. The number of rotatable bonds is 3. The maximum Gasteiger partial charge on any atom is 0.332 e. The van der Waals surface area contributed by atoms with E-state index >= 15 is 0 Å². The second kappa shape index (κ2) is 6.42. The Morgan fingerprint density at radius 1 is 1.26 bits per heavy atom. The predicted octanol–water partition coefficient (Wildman–Crippen LogP) is 2.59. The summed E-state index contributed by atoms with van der Waals surface area (Å²) in [6.45, 7) is 5.36. The van der Waals surface area contributed by atoms with E-state index in [9.17, 15) is 9.59 Å². The van der Waals surface area contributed by atoms with Crippen LogP contribution in [0.5, 0.6) is 0 Å². The molecule has 0 saturated carbocycles. The van der Waals surface area contributed by atoms with Crippen LogP contribution in [0.2, 0.25) is 5.02 Å². The van der Waals surface area contributed by atoms with E-state index in [2.05, 4.69) is 4.98 Å². The fourth-order valence-corrected chi connectivity index (χ4v) is 3.62. The minimum Gasteiger partial charge on any atom is -0.310 e. The van der Waals surface area contributed by atoms with Crippen LogP contribution < -0.4 is 16.1 Å². The molecule has 4 rings (SSSR count). The SMILES string of the molecule is C/C=C/Cn1c(=O)c2c(nc3n2CCN3c2ccc(C)c(Cl)c2)n(C)c1=O. The predicted molar refractivity (Wildman–Crippen MR) is 107 cm³/mol. The van der Waals surface area contributed by atoms with Gasteiger partial charge in [-0.05, 0) is 31.5 Å².